The van der Waals surface area contributed by atoms with Gasteiger partial charge in [0, 0.05) is 0 Å². The zero-order valence-electron chi connectivity index (χ0n) is 12.5. The second-order valence-electron chi connectivity index (χ2n) is 7.02. The van der Waals surface area contributed by atoms with Crippen molar-refractivity contribution in [1.29, 1.82) is 0 Å². The highest BCUT2D eigenvalue weighted by atomic mass is 14.3. The summed E-state index contributed by atoms with van der Waals surface area (Å²) in [5.41, 5.74) is 6.99. The third-order valence-corrected chi connectivity index (χ3v) is 5.85. The van der Waals surface area contributed by atoms with Crippen LogP contribution in [0.3, 0.4) is 0 Å². The van der Waals surface area contributed by atoms with Gasteiger partial charge in [0.15, 0.2) is 0 Å². The molecule has 4 rings (SSSR count). The molecule has 0 aromatic heterocycles. The molecule has 0 heterocycles. The molecule has 0 amide bonds. The molecule has 4 aliphatic carbocycles. The van der Waals surface area contributed by atoms with Gasteiger partial charge in [-0.3, -0.25) is 0 Å². The lowest BCUT2D eigenvalue weighted by Gasteiger charge is -2.23. The van der Waals surface area contributed by atoms with Gasteiger partial charge < -0.3 is 0 Å². The van der Waals surface area contributed by atoms with Crippen LogP contribution in [-0.4, -0.2) is 0 Å². The van der Waals surface area contributed by atoms with E-state index < -0.39 is 0 Å². The van der Waals surface area contributed by atoms with E-state index in [2.05, 4.69) is 24.3 Å². The monoisotopic (exact) mass is 266 g/mol. The molecule has 0 spiro atoms. The lowest BCUT2D eigenvalue weighted by atomic mass is 9.82. The maximum Gasteiger partial charge on any atom is -0.00139 e. The van der Waals surface area contributed by atoms with Gasteiger partial charge in [-0.2, -0.15) is 0 Å². The van der Waals surface area contributed by atoms with Gasteiger partial charge in [-0.25, -0.2) is 0 Å². The first kappa shape index (κ1) is 12.7. The Kier molecular flexibility index (Phi) is 3.42. The second-order valence-corrected chi connectivity index (χ2v) is 7.02. The summed E-state index contributed by atoms with van der Waals surface area (Å²) < 4.78 is 0. The van der Waals surface area contributed by atoms with Gasteiger partial charge in [-0.05, 0) is 87.2 Å². The molecule has 0 bridgehead atoms. The first-order valence-corrected chi connectivity index (χ1v) is 8.72. The molecular weight excluding hydrogens is 240 g/mol. The Morgan fingerprint density at radius 1 is 0.650 bits per heavy atom. The molecule has 0 radical (unpaired) electrons. The third-order valence-electron chi connectivity index (χ3n) is 5.85. The van der Waals surface area contributed by atoms with Crippen LogP contribution in [-0.2, 0) is 0 Å². The van der Waals surface area contributed by atoms with E-state index in [9.17, 15) is 0 Å². The SMILES string of the molecule is C1=CC(CC[C@H]2C=CC3=C2CCCC3)C2=C1CCCC2. The van der Waals surface area contributed by atoms with Crippen molar-refractivity contribution < 1.29 is 0 Å². The average Bonchev–Trinajstić information content (AvgIpc) is 3.09. The van der Waals surface area contributed by atoms with Gasteiger partial charge in [-0.1, -0.05) is 35.5 Å². The normalized spacial score (nSPS) is 32.0. The molecule has 1 unspecified atom stereocenters. The van der Waals surface area contributed by atoms with Gasteiger partial charge in [0.2, 0.25) is 0 Å². The van der Waals surface area contributed by atoms with Crippen molar-refractivity contribution in [2.24, 2.45) is 11.8 Å². The number of rotatable bonds is 3. The maximum absolute atomic E-state index is 2.50. The molecule has 0 saturated heterocycles. The first-order chi connectivity index (χ1) is 9.92. The highest BCUT2D eigenvalue weighted by Crippen LogP contribution is 2.42. The summed E-state index contributed by atoms with van der Waals surface area (Å²) in [6.45, 7) is 0. The van der Waals surface area contributed by atoms with Crippen LogP contribution in [0.1, 0.15) is 64.2 Å². The van der Waals surface area contributed by atoms with Gasteiger partial charge in [0.25, 0.3) is 0 Å². The van der Waals surface area contributed by atoms with Crippen LogP contribution < -0.4 is 0 Å². The second kappa shape index (κ2) is 5.39. The molecule has 106 valence electrons. The van der Waals surface area contributed by atoms with Gasteiger partial charge in [0.05, 0.1) is 0 Å². The van der Waals surface area contributed by atoms with Crippen LogP contribution >= 0.6 is 0 Å². The van der Waals surface area contributed by atoms with Gasteiger partial charge in [-0.15, -0.1) is 0 Å². The quantitative estimate of drug-likeness (QED) is 0.598. The predicted octanol–water partition coefficient (Wildman–Crippen LogP) is 5.88. The molecule has 0 nitrogen and oxygen atoms in total. The fourth-order valence-corrected chi connectivity index (χ4v) is 4.73. The molecule has 2 atom stereocenters. The smallest absolute Gasteiger partial charge is 0.00139 e. The zero-order valence-corrected chi connectivity index (χ0v) is 12.5. The molecule has 0 N–H and O–H groups in total. The van der Waals surface area contributed by atoms with Crippen molar-refractivity contribution in [3.05, 3.63) is 46.6 Å². The van der Waals surface area contributed by atoms with Crippen molar-refractivity contribution in [3.8, 4) is 0 Å². The largest absolute Gasteiger partial charge is 0.0771 e. The van der Waals surface area contributed by atoms with E-state index in [0.717, 1.165) is 11.8 Å². The van der Waals surface area contributed by atoms with E-state index in [0.29, 0.717) is 0 Å². The Labute approximate surface area is 123 Å². The van der Waals surface area contributed by atoms with Crippen molar-refractivity contribution >= 4 is 0 Å². The van der Waals surface area contributed by atoms with Crippen LogP contribution in [0, 0.1) is 11.8 Å². The van der Waals surface area contributed by atoms with Crippen molar-refractivity contribution in [2.45, 2.75) is 64.2 Å². The molecule has 0 aromatic rings. The minimum atomic E-state index is 0.784. The predicted molar refractivity (Wildman–Crippen MR) is 85.5 cm³/mol. The Morgan fingerprint density at radius 3 is 1.60 bits per heavy atom. The molecule has 0 saturated carbocycles. The van der Waals surface area contributed by atoms with Crippen LogP contribution in [0.5, 0.6) is 0 Å². The van der Waals surface area contributed by atoms with Crippen molar-refractivity contribution in [2.75, 3.05) is 0 Å². The zero-order chi connectivity index (χ0) is 13.4. The summed E-state index contributed by atoms with van der Waals surface area (Å²) in [5, 5.41) is 0. The van der Waals surface area contributed by atoms with Crippen LogP contribution in [0.4, 0.5) is 0 Å². The Hall–Kier alpha value is -1.04. The number of allylic oxidation sites excluding steroid dienone is 8. The van der Waals surface area contributed by atoms with Crippen LogP contribution in [0.2, 0.25) is 0 Å². The van der Waals surface area contributed by atoms with Gasteiger partial charge in [0.1, 0.15) is 0 Å². The fraction of sp³-hybridized carbons (Fsp3) is 0.600. The summed E-state index contributed by atoms with van der Waals surface area (Å²) in [4.78, 5) is 0. The topological polar surface area (TPSA) is 0 Å². The van der Waals surface area contributed by atoms with E-state index in [-0.39, 0.29) is 0 Å². The molecule has 0 heteroatoms. The molecular formula is C20H26. The molecule has 0 fully saturated rings. The van der Waals surface area contributed by atoms with Gasteiger partial charge >= 0.3 is 0 Å². The standard InChI is InChI=1S/C20H26/c1-3-7-19-15(5-1)9-11-17(19)13-14-18-12-10-16-6-2-4-8-20(16)18/h9-12,17-18H,1-8,13-14H2/t17-,18?/m1/s1. The summed E-state index contributed by atoms with van der Waals surface area (Å²) >= 11 is 0. The third kappa shape index (κ3) is 2.24. The maximum atomic E-state index is 2.50. The highest BCUT2D eigenvalue weighted by Gasteiger charge is 2.26. The van der Waals surface area contributed by atoms with E-state index in [1.165, 1.54) is 64.2 Å². The molecule has 0 aliphatic heterocycles. The molecule has 4 aliphatic rings. The summed E-state index contributed by atoms with van der Waals surface area (Å²) in [7, 11) is 0. The van der Waals surface area contributed by atoms with E-state index in [1.54, 1.807) is 22.3 Å². The minimum absolute atomic E-state index is 0.784. The number of hydrogen-bond donors (Lipinski definition) is 0. The highest BCUT2D eigenvalue weighted by molar-refractivity contribution is 5.40. The van der Waals surface area contributed by atoms with Crippen molar-refractivity contribution in [1.82, 2.24) is 0 Å². The Morgan fingerprint density at radius 2 is 1.10 bits per heavy atom. The summed E-state index contributed by atoms with van der Waals surface area (Å²) in [6.07, 6.45) is 23.8. The summed E-state index contributed by atoms with van der Waals surface area (Å²) in [6, 6.07) is 0. The fourth-order valence-electron chi connectivity index (χ4n) is 4.73. The van der Waals surface area contributed by atoms with E-state index >= 15 is 0 Å². The lowest BCUT2D eigenvalue weighted by molar-refractivity contribution is 0.521. The van der Waals surface area contributed by atoms with Crippen LogP contribution in [0.15, 0.2) is 46.6 Å². The minimum Gasteiger partial charge on any atom is -0.0771 e. The first-order valence-electron chi connectivity index (χ1n) is 8.72. The molecule has 0 aromatic carbocycles. The number of hydrogen-bond acceptors (Lipinski definition) is 0. The molecule has 20 heavy (non-hydrogen) atoms. The Bertz CT molecular complexity index is 464. The average molecular weight is 266 g/mol. The van der Waals surface area contributed by atoms with Crippen LogP contribution in [0.25, 0.3) is 0 Å². The van der Waals surface area contributed by atoms with Crippen molar-refractivity contribution in [3.63, 3.8) is 0 Å². The lowest BCUT2D eigenvalue weighted by Crippen LogP contribution is -2.08. The van der Waals surface area contributed by atoms with E-state index in [1.807, 2.05) is 0 Å². The summed E-state index contributed by atoms with van der Waals surface area (Å²) in [5.74, 6) is 1.57. The Balaban J connectivity index is 1.40. The van der Waals surface area contributed by atoms with E-state index in [4.69, 9.17) is 0 Å².